The highest BCUT2D eigenvalue weighted by atomic mass is 16.5. The molecule has 0 bridgehead atoms. The second-order valence-corrected chi connectivity index (χ2v) is 14.6. The predicted octanol–water partition coefficient (Wildman–Crippen LogP) is 10.4. The number of fused-ring (bicyclic) bond motifs is 5. The van der Waals surface area contributed by atoms with Gasteiger partial charge in [0.2, 0.25) is 0 Å². The number of ether oxygens (including phenoxy) is 1. The van der Waals surface area contributed by atoms with Gasteiger partial charge in [0.15, 0.2) is 0 Å². The molecular weight excluding hydrogens is 452 g/mol. The lowest BCUT2D eigenvalue weighted by Gasteiger charge is -2.58. The zero-order valence-electron chi connectivity index (χ0n) is 25.3. The number of esters is 1. The third-order valence-corrected chi connectivity index (χ3v) is 11.9. The fourth-order valence-corrected chi connectivity index (χ4v) is 9.55. The molecule has 2 nitrogen and oxygen atoms in total. The summed E-state index contributed by atoms with van der Waals surface area (Å²) in [5.74, 6) is 4.54. The monoisotopic (exact) mass is 512 g/mol. The van der Waals surface area contributed by atoms with Crippen molar-refractivity contribution in [1.82, 2.24) is 0 Å². The van der Waals surface area contributed by atoms with Gasteiger partial charge < -0.3 is 4.74 Å². The maximum atomic E-state index is 12.5. The van der Waals surface area contributed by atoms with E-state index in [1.54, 1.807) is 5.57 Å². The summed E-state index contributed by atoms with van der Waals surface area (Å²) in [4.78, 5) is 12.5. The Morgan fingerprint density at radius 2 is 1.73 bits per heavy atom. The van der Waals surface area contributed by atoms with Crippen molar-refractivity contribution in [1.29, 1.82) is 0 Å². The van der Waals surface area contributed by atoms with Gasteiger partial charge in [-0.25, -0.2) is 0 Å². The van der Waals surface area contributed by atoms with E-state index in [1.165, 1.54) is 96.3 Å². The SMILES string of the molecule is CCCCCCCCC(=O)O[C@H]1CC[C@@]2(C)C(=CC[C@H]3[C@@H]4CC[C@H](CCCCC(C)C)[C@@]4(C)CC[C@@H]32)C1. The highest BCUT2D eigenvalue weighted by molar-refractivity contribution is 5.69. The molecule has 0 aromatic heterocycles. The molecule has 0 radical (unpaired) electrons. The highest BCUT2D eigenvalue weighted by Gasteiger charge is 2.58. The lowest BCUT2D eigenvalue weighted by atomic mass is 9.47. The number of carbonyl (C=O) groups excluding carboxylic acids is 1. The number of carbonyl (C=O) groups is 1. The van der Waals surface area contributed by atoms with E-state index in [0.717, 1.165) is 48.9 Å². The Hall–Kier alpha value is -0.790. The summed E-state index contributed by atoms with van der Waals surface area (Å²) in [7, 11) is 0. The fraction of sp³-hybridized carbons (Fsp3) is 0.914. The molecule has 0 unspecified atom stereocenters. The quantitative estimate of drug-likeness (QED) is 0.139. The van der Waals surface area contributed by atoms with Crippen LogP contribution in [0.25, 0.3) is 0 Å². The van der Waals surface area contributed by atoms with Crippen LogP contribution < -0.4 is 0 Å². The molecule has 4 rings (SSSR count). The Morgan fingerprint density at radius 1 is 0.946 bits per heavy atom. The summed E-state index contributed by atoms with van der Waals surface area (Å²) >= 11 is 0. The molecule has 0 aromatic carbocycles. The standard InChI is InChI=1S/C35H60O2/c1-6-7-8-9-10-11-16-33(36)37-29-21-23-35(5)28(25-29)17-19-30-31-20-18-27(15-13-12-14-26(2)3)34(31,4)24-22-32(30)35/h17,26-27,29-32H,6-16,18-25H2,1-5H3/t27-,29-,30-,31-,32-,34+,35-/m0/s1. The van der Waals surface area contributed by atoms with Crippen molar-refractivity contribution >= 4 is 5.97 Å². The summed E-state index contributed by atoms with van der Waals surface area (Å²) in [6.07, 6.45) is 26.9. The lowest BCUT2D eigenvalue weighted by Crippen LogP contribution is -2.50. The van der Waals surface area contributed by atoms with Gasteiger partial charge in [-0.15, -0.1) is 0 Å². The fourth-order valence-electron chi connectivity index (χ4n) is 9.55. The average Bonchev–Trinajstić information content (AvgIpc) is 3.20. The van der Waals surface area contributed by atoms with Crippen LogP contribution in [-0.2, 0) is 9.53 Å². The molecule has 0 heterocycles. The minimum atomic E-state index is 0.0530. The van der Waals surface area contributed by atoms with Crippen molar-refractivity contribution < 1.29 is 9.53 Å². The molecule has 4 aliphatic carbocycles. The summed E-state index contributed by atoms with van der Waals surface area (Å²) in [5, 5.41) is 0. The van der Waals surface area contributed by atoms with Gasteiger partial charge in [0.05, 0.1) is 0 Å². The normalized spacial score (nSPS) is 37.0. The highest BCUT2D eigenvalue weighted by Crippen LogP contribution is 2.66. The molecule has 212 valence electrons. The van der Waals surface area contributed by atoms with Crippen molar-refractivity contribution in [2.24, 2.45) is 40.4 Å². The van der Waals surface area contributed by atoms with Crippen LogP contribution in [0.1, 0.15) is 157 Å². The first-order valence-corrected chi connectivity index (χ1v) is 16.7. The molecular formula is C35H60O2. The van der Waals surface area contributed by atoms with Gasteiger partial charge in [0.25, 0.3) is 0 Å². The van der Waals surface area contributed by atoms with Crippen LogP contribution >= 0.6 is 0 Å². The van der Waals surface area contributed by atoms with E-state index < -0.39 is 0 Å². The molecule has 37 heavy (non-hydrogen) atoms. The van der Waals surface area contributed by atoms with Crippen LogP contribution in [0.4, 0.5) is 0 Å². The van der Waals surface area contributed by atoms with Crippen LogP contribution in [0.5, 0.6) is 0 Å². The lowest BCUT2D eigenvalue weighted by molar-refractivity contribution is -0.151. The third-order valence-electron chi connectivity index (χ3n) is 11.9. The van der Waals surface area contributed by atoms with Gasteiger partial charge in [-0.2, -0.15) is 0 Å². The first-order chi connectivity index (χ1) is 17.8. The van der Waals surface area contributed by atoms with Gasteiger partial charge in [0, 0.05) is 12.8 Å². The average molecular weight is 513 g/mol. The zero-order chi connectivity index (χ0) is 26.5. The number of hydrogen-bond donors (Lipinski definition) is 0. The van der Waals surface area contributed by atoms with Crippen molar-refractivity contribution in [2.75, 3.05) is 0 Å². The summed E-state index contributed by atoms with van der Waals surface area (Å²) < 4.78 is 6.03. The molecule has 0 saturated heterocycles. The van der Waals surface area contributed by atoms with Gasteiger partial charge >= 0.3 is 5.97 Å². The topological polar surface area (TPSA) is 26.3 Å². The Balaban J connectivity index is 1.29. The van der Waals surface area contributed by atoms with Gasteiger partial charge in [0.1, 0.15) is 6.10 Å². The first-order valence-electron chi connectivity index (χ1n) is 16.7. The van der Waals surface area contributed by atoms with Crippen molar-refractivity contribution in [3.05, 3.63) is 11.6 Å². The van der Waals surface area contributed by atoms with E-state index in [9.17, 15) is 4.79 Å². The second kappa shape index (κ2) is 13.0. The predicted molar refractivity (Wildman–Crippen MR) is 156 cm³/mol. The molecule has 0 aromatic rings. The van der Waals surface area contributed by atoms with Crippen LogP contribution in [-0.4, -0.2) is 12.1 Å². The third kappa shape index (κ3) is 6.69. The smallest absolute Gasteiger partial charge is 0.306 e. The van der Waals surface area contributed by atoms with E-state index in [2.05, 4.69) is 40.7 Å². The summed E-state index contributed by atoms with van der Waals surface area (Å²) in [6.45, 7) is 12.3. The van der Waals surface area contributed by atoms with Crippen LogP contribution in [0.15, 0.2) is 11.6 Å². The second-order valence-electron chi connectivity index (χ2n) is 14.6. The molecule has 4 aliphatic rings. The summed E-state index contributed by atoms with van der Waals surface area (Å²) in [6, 6.07) is 0. The Labute approximate surface area is 230 Å². The van der Waals surface area contributed by atoms with E-state index >= 15 is 0 Å². The molecule has 0 N–H and O–H groups in total. The van der Waals surface area contributed by atoms with Gasteiger partial charge in [-0.05, 0) is 98.2 Å². The van der Waals surface area contributed by atoms with Crippen LogP contribution in [0, 0.1) is 40.4 Å². The van der Waals surface area contributed by atoms with Crippen molar-refractivity contribution in [2.45, 2.75) is 163 Å². The number of hydrogen-bond acceptors (Lipinski definition) is 2. The Bertz CT molecular complexity index is 767. The van der Waals surface area contributed by atoms with Crippen molar-refractivity contribution in [3.63, 3.8) is 0 Å². The molecule has 7 atom stereocenters. The molecule has 0 aliphatic heterocycles. The molecule has 0 spiro atoms. The minimum Gasteiger partial charge on any atom is -0.462 e. The summed E-state index contributed by atoms with van der Waals surface area (Å²) in [5.41, 5.74) is 2.58. The van der Waals surface area contributed by atoms with Crippen LogP contribution in [0.2, 0.25) is 0 Å². The molecule has 3 saturated carbocycles. The molecule has 2 heteroatoms. The first kappa shape index (κ1) is 29.2. The van der Waals surface area contributed by atoms with E-state index in [0.29, 0.717) is 17.3 Å². The number of rotatable bonds is 13. The van der Waals surface area contributed by atoms with Crippen molar-refractivity contribution in [3.8, 4) is 0 Å². The zero-order valence-corrected chi connectivity index (χ0v) is 25.3. The maximum Gasteiger partial charge on any atom is 0.306 e. The number of allylic oxidation sites excluding steroid dienone is 1. The van der Waals surface area contributed by atoms with Crippen LogP contribution in [0.3, 0.4) is 0 Å². The molecule has 3 fully saturated rings. The maximum absolute atomic E-state index is 12.5. The number of unbranched alkanes of at least 4 members (excludes halogenated alkanes) is 6. The van der Waals surface area contributed by atoms with Gasteiger partial charge in [-0.1, -0.05) is 97.6 Å². The van der Waals surface area contributed by atoms with Gasteiger partial charge in [-0.3, -0.25) is 4.79 Å². The Kier molecular flexibility index (Phi) is 10.3. The van der Waals surface area contributed by atoms with E-state index in [1.807, 2.05) is 0 Å². The van der Waals surface area contributed by atoms with E-state index in [4.69, 9.17) is 4.74 Å². The Morgan fingerprint density at radius 3 is 2.51 bits per heavy atom. The van der Waals surface area contributed by atoms with E-state index in [-0.39, 0.29) is 12.1 Å². The largest absolute Gasteiger partial charge is 0.462 e. The molecule has 0 amide bonds. The minimum absolute atomic E-state index is 0.0530.